The summed E-state index contributed by atoms with van der Waals surface area (Å²) < 4.78 is 4.14. The molecule has 0 unspecified atom stereocenters. The smallest absolute Gasteiger partial charge is 0.271 e. The van der Waals surface area contributed by atoms with E-state index in [1.807, 2.05) is 99.1 Å². The van der Waals surface area contributed by atoms with Crippen LogP contribution < -0.4 is 20.2 Å². The van der Waals surface area contributed by atoms with Crippen molar-refractivity contribution in [1.82, 2.24) is 14.3 Å². The first-order chi connectivity index (χ1) is 17.4. The van der Waals surface area contributed by atoms with Gasteiger partial charge in [-0.1, -0.05) is 59.9 Å². The highest BCUT2D eigenvalue weighted by Gasteiger charge is 2.32. The molecule has 0 fully saturated rings. The van der Waals surface area contributed by atoms with Crippen molar-refractivity contribution in [2.75, 3.05) is 5.32 Å². The molecule has 0 spiro atoms. The number of nitrogens with zero attached hydrogens (tertiary/aromatic N) is 4. The van der Waals surface area contributed by atoms with Crippen LogP contribution in [0.25, 0.3) is 6.08 Å². The Morgan fingerprint density at radius 2 is 1.72 bits per heavy atom. The number of fused-ring (bicyclic) bond motifs is 1. The van der Waals surface area contributed by atoms with E-state index >= 15 is 0 Å². The first kappa shape index (κ1) is 23.7. The molecule has 1 atom stereocenters. The fraction of sp³-hybridized carbons (Fsp3) is 0.214. The van der Waals surface area contributed by atoms with Crippen LogP contribution in [-0.4, -0.2) is 20.3 Å². The number of thiazole rings is 1. The minimum atomic E-state index is -0.589. The summed E-state index contributed by atoms with van der Waals surface area (Å²) in [5.74, 6) is -0.276. The van der Waals surface area contributed by atoms with Crippen molar-refractivity contribution in [1.29, 1.82) is 0 Å². The molecule has 1 aliphatic heterocycles. The van der Waals surface area contributed by atoms with Crippen molar-refractivity contribution >= 4 is 29.0 Å². The number of carbonyl (C=O) groups excluding carboxylic acids is 1. The van der Waals surface area contributed by atoms with E-state index in [-0.39, 0.29) is 11.5 Å². The molecule has 182 valence electrons. The first-order valence-electron chi connectivity index (χ1n) is 11.9. The molecule has 2 aromatic heterocycles. The van der Waals surface area contributed by atoms with Gasteiger partial charge in [-0.25, -0.2) is 4.99 Å². The summed E-state index contributed by atoms with van der Waals surface area (Å²) in [5, 5.41) is 7.56. The number of amides is 1. The second-order valence-electron chi connectivity index (χ2n) is 8.71. The summed E-state index contributed by atoms with van der Waals surface area (Å²) in [7, 11) is 0. The summed E-state index contributed by atoms with van der Waals surface area (Å²) >= 11 is 1.34. The number of aromatic nitrogens is 3. The second kappa shape index (κ2) is 9.54. The van der Waals surface area contributed by atoms with Gasteiger partial charge in [-0.2, -0.15) is 5.10 Å². The van der Waals surface area contributed by atoms with Gasteiger partial charge in [0.15, 0.2) is 4.80 Å². The zero-order valence-corrected chi connectivity index (χ0v) is 21.5. The Morgan fingerprint density at radius 1 is 1.06 bits per heavy atom. The maximum Gasteiger partial charge on any atom is 0.271 e. The van der Waals surface area contributed by atoms with Gasteiger partial charge in [0.05, 0.1) is 27.5 Å². The molecule has 7 nitrogen and oxygen atoms in total. The van der Waals surface area contributed by atoms with Crippen LogP contribution in [0.1, 0.15) is 42.4 Å². The van der Waals surface area contributed by atoms with Gasteiger partial charge in [0.25, 0.3) is 11.5 Å². The number of rotatable bonds is 5. The molecule has 1 amide bonds. The van der Waals surface area contributed by atoms with Crippen molar-refractivity contribution in [2.45, 2.75) is 40.3 Å². The Morgan fingerprint density at radius 3 is 2.36 bits per heavy atom. The summed E-state index contributed by atoms with van der Waals surface area (Å²) in [6, 6.07) is 18.3. The lowest BCUT2D eigenvalue weighted by Gasteiger charge is -2.25. The van der Waals surface area contributed by atoms with Crippen LogP contribution in [0.5, 0.6) is 0 Å². The topological polar surface area (TPSA) is 81.3 Å². The van der Waals surface area contributed by atoms with E-state index in [0.717, 1.165) is 29.1 Å². The van der Waals surface area contributed by atoms with Crippen molar-refractivity contribution < 1.29 is 4.79 Å². The maximum absolute atomic E-state index is 13.8. The molecule has 8 heteroatoms. The lowest BCUT2D eigenvalue weighted by atomic mass is 9.95. The van der Waals surface area contributed by atoms with Gasteiger partial charge < -0.3 is 5.32 Å². The molecule has 5 rings (SSSR count). The minimum Gasteiger partial charge on any atom is -0.322 e. The van der Waals surface area contributed by atoms with Gasteiger partial charge in [0, 0.05) is 23.5 Å². The highest BCUT2D eigenvalue weighted by Crippen LogP contribution is 2.30. The molecule has 4 aromatic rings. The Balaban J connectivity index is 1.68. The fourth-order valence-corrected chi connectivity index (χ4v) is 5.67. The van der Waals surface area contributed by atoms with Gasteiger partial charge >= 0.3 is 0 Å². The van der Waals surface area contributed by atoms with Crippen LogP contribution in [-0.2, 0) is 11.3 Å². The summed E-state index contributed by atoms with van der Waals surface area (Å²) in [4.78, 5) is 32.7. The Labute approximate surface area is 212 Å². The molecule has 0 aliphatic carbocycles. The van der Waals surface area contributed by atoms with Gasteiger partial charge in [-0.05, 0) is 51.5 Å². The number of hydrogen-bond acceptors (Lipinski definition) is 5. The van der Waals surface area contributed by atoms with Crippen molar-refractivity contribution in [2.24, 2.45) is 4.99 Å². The third-order valence-corrected chi connectivity index (χ3v) is 7.41. The Kier molecular flexibility index (Phi) is 6.28. The van der Waals surface area contributed by atoms with Crippen molar-refractivity contribution in [3.63, 3.8) is 0 Å². The molecule has 1 N–H and O–H groups in total. The number of nitrogens with one attached hydrogen (secondary N) is 1. The zero-order chi connectivity index (χ0) is 25.4. The van der Waals surface area contributed by atoms with Crippen LogP contribution in [0.3, 0.4) is 0 Å². The van der Waals surface area contributed by atoms with Crippen LogP contribution >= 0.6 is 11.3 Å². The quantitative estimate of drug-likeness (QED) is 0.457. The molecular formula is C28H27N5O2S. The summed E-state index contributed by atoms with van der Waals surface area (Å²) in [5.41, 5.74) is 5.24. The number of hydrogen-bond donors (Lipinski definition) is 1. The third kappa shape index (κ3) is 4.13. The molecule has 2 aromatic carbocycles. The van der Waals surface area contributed by atoms with Gasteiger partial charge in [0.1, 0.15) is 0 Å². The predicted molar refractivity (Wildman–Crippen MR) is 143 cm³/mol. The van der Waals surface area contributed by atoms with Crippen LogP contribution in [0.4, 0.5) is 5.69 Å². The second-order valence-corrected chi connectivity index (χ2v) is 9.72. The number of anilines is 1. The third-order valence-electron chi connectivity index (χ3n) is 6.43. The lowest BCUT2D eigenvalue weighted by Crippen LogP contribution is -2.40. The van der Waals surface area contributed by atoms with E-state index in [1.165, 1.54) is 11.3 Å². The zero-order valence-electron chi connectivity index (χ0n) is 20.6. The van der Waals surface area contributed by atoms with E-state index in [9.17, 15) is 9.59 Å². The molecule has 36 heavy (non-hydrogen) atoms. The molecule has 0 saturated heterocycles. The average Bonchev–Trinajstić information content (AvgIpc) is 3.34. The molecule has 0 bridgehead atoms. The molecular weight excluding hydrogens is 470 g/mol. The Bertz CT molecular complexity index is 1660. The predicted octanol–water partition coefficient (Wildman–Crippen LogP) is 3.71. The SMILES string of the molecule is CCn1nc(C)c(/C=c2\sc3n(c2=O)[C@H](c2ccccc2)C(C(=O)Nc2ccccc2)=C(C)N=3)c1C. The van der Waals surface area contributed by atoms with Gasteiger partial charge in [-0.15, -0.1) is 0 Å². The molecule has 0 radical (unpaired) electrons. The molecule has 0 saturated carbocycles. The highest BCUT2D eigenvalue weighted by molar-refractivity contribution is 7.07. The monoisotopic (exact) mass is 497 g/mol. The van der Waals surface area contributed by atoms with Crippen LogP contribution in [0.2, 0.25) is 0 Å². The number of allylic oxidation sites excluding steroid dienone is 1. The average molecular weight is 498 g/mol. The molecule has 3 heterocycles. The number of para-hydroxylation sites is 1. The maximum atomic E-state index is 13.8. The van der Waals surface area contributed by atoms with E-state index in [0.29, 0.717) is 26.3 Å². The Hall–Kier alpha value is -4.04. The van der Waals surface area contributed by atoms with Crippen molar-refractivity contribution in [3.05, 3.63) is 114 Å². The van der Waals surface area contributed by atoms with E-state index in [4.69, 9.17) is 4.99 Å². The van der Waals surface area contributed by atoms with Gasteiger partial charge in [0.2, 0.25) is 0 Å². The van der Waals surface area contributed by atoms with E-state index in [2.05, 4.69) is 10.4 Å². The van der Waals surface area contributed by atoms with E-state index in [1.54, 1.807) is 4.57 Å². The fourth-order valence-electron chi connectivity index (χ4n) is 4.64. The number of carbonyl (C=O) groups is 1. The van der Waals surface area contributed by atoms with Crippen molar-refractivity contribution in [3.8, 4) is 0 Å². The van der Waals surface area contributed by atoms with Crippen LogP contribution in [0.15, 0.2) is 81.7 Å². The standard InChI is InChI=1S/C28H27N5O2S/c1-5-32-19(4)22(17(2)31-32)16-23-27(35)33-25(20-12-8-6-9-13-20)24(18(3)29-28(33)36-23)26(34)30-21-14-10-7-11-15-21/h6-16,25H,5H2,1-4H3,(H,30,34)/b23-16-/t25-/m1/s1. The molecule has 1 aliphatic rings. The number of aryl methyl sites for hydroxylation is 2. The van der Waals surface area contributed by atoms with Gasteiger partial charge in [-0.3, -0.25) is 18.8 Å². The highest BCUT2D eigenvalue weighted by atomic mass is 32.1. The largest absolute Gasteiger partial charge is 0.322 e. The summed E-state index contributed by atoms with van der Waals surface area (Å²) in [6.45, 7) is 8.59. The number of benzene rings is 2. The minimum absolute atomic E-state index is 0.173. The summed E-state index contributed by atoms with van der Waals surface area (Å²) in [6.07, 6.45) is 1.90. The first-order valence-corrected chi connectivity index (χ1v) is 12.7. The van der Waals surface area contributed by atoms with Crippen LogP contribution in [0, 0.1) is 13.8 Å². The normalized spacial score (nSPS) is 15.6. The van der Waals surface area contributed by atoms with E-state index < -0.39 is 6.04 Å². The lowest BCUT2D eigenvalue weighted by molar-refractivity contribution is -0.113.